The molecule has 0 radical (unpaired) electrons. The van der Waals surface area contributed by atoms with E-state index in [1.54, 1.807) is 12.1 Å². The maximum absolute atomic E-state index is 13.5. The van der Waals surface area contributed by atoms with Crippen LogP contribution in [0.25, 0.3) is 0 Å². The van der Waals surface area contributed by atoms with E-state index in [1.807, 2.05) is 30.3 Å². The van der Waals surface area contributed by atoms with E-state index in [-0.39, 0.29) is 29.6 Å². The Labute approximate surface area is 182 Å². The second-order valence-corrected chi connectivity index (χ2v) is 8.20. The van der Waals surface area contributed by atoms with Crippen molar-refractivity contribution < 1.29 is 13.9 Å². The van der Waals surface area contributed by atoms with Gasteiger partial charge in [-0.2, -0.15) is 0 Å². The van der Waals surface area contributed by atoms with Crippen LogP contribution in [0.1, 0.15) is 41.6 Å². The topological polar surface area (TPSA) is 44.3 Å². The summed E-state index contributed by atoms with van der Waals surface area (Å²) in [6.45, 7) is 1.20. The quantitative estimate of drug-likeness (QED) is 0.524. The second kappa shape index (κ2) is 10.1. The van der Waals surface area contributed by atoms with Gasteiger partial charge in [0.05, 0.1) is 6.10 Å². The van der Waals surface area contributed by atoms with Crippen LogP contribution in [-0.2, 0) is 0 Å². The first-order chi connectivity index (χ1) is 15.1. The minimum absolute atomic E-state index is 0.146. The third kappa shape index (κ3) is 5.56. The van der Waals surface area contributed by atoms with E-state index in [1.165, 1.54) is 29.8 Å². The number of aliphatic hydroxyl groups excluding tert-OH is 1. The van der Waals surface area contributed by atoms with Crippen LogP contribution in [0.3, 0.4) is 0 Å². The van der Waals surface area contributed by atoms with Gasteiger partial charge in [0.2, 0.25) is 0 Å². The average molecular weight is 423 g/mol. The molecular weight excluding hydrogens is 394 g/mol. The fourth-order valence-electron chi connectivity index (χ4n) is 4.41. The highest BCUT2D eigenvalue weighted by atomic mass is 19.1. The molecule has 1 saturated heterocycles. The summed E-state index contributed by atoms with van der Waals surface area (Å²) in [5.41, 5.74) is 3.02. The third-order valence-electron chi connectivity index (χ3n) is 6.10. The molecule has 0 aliphatic carbocycles. The molecule has 3 nitrogen and oxygen atoms in total. The average Bonchev–Trinajstić information content (AvgIpc) is 2.81. The molecule has 3 aromatic rings. The number of halogens is 2. The van der Waals surface area contributed by atoms with E-state index < -0.39 is 6.10 Å². The Balaban J connectivity index is 1.37. The minimum atomic E-state index is -0.672. The van der Waals surface area contributed by atoms with E-state index in [4.69, 9.17) is 0 Å². The maximum atomic E-state index is 13.5. The number of hydrogen-bond acceptors (Lipinski definition) is 3. The standard InChI is InChI=1S/C26H28F2N2O/c27-21-10-6-18(7-11-21)25(31)17-29-23-14-15-24(30-16-23)26(19-4-2-1-3-5-19)20-8-12-22(28)13-9-20/h1-13,23-26,29-31H,14-17H2/t23-,24-,25+,26?/m0/s1. The minimum Gasteiger partial charge on any atom is -0.387 e. The largest absolute Gasteiger partial charge is 0.387 e. The number of benzene rings is 3. The highest BCUT2D eigenvalue weighted by Crippen LogP contribution is 2.32. The molecule has 0 amide bonds. The Kier molecular flexibility index (Phi) is 7.07. The lowest BCUT2D eigenvalue weighted by Crippen LogP contribution is -2.50. The van der Waals surface area contributed by atoms with Crippen molar-refractivity contribution in [2.45, 2.75) is 36.9 Å². The maximum Gasteiger partial charge on any atom is 0.123 e. The van der Waals surface area contributed by atoms with Crippen molar-refractivity contribution in [3.8, 4) is 0 Å². The monoisotopic (exact) mass is 422 g/mol. The van der Waals surface area contributed by atoms with Crippen molar-refractivity contribution in [1.29, 1.82) is 0 Å². The number of rotatable bonds is 7. The lowest BCUT2D eigenvalue weighted by atomic mass is 9.81. The molecule has 3 N–H and O–H groups in total. The molecule has 0 saturated carbocycles. The zero-order valence-electron chi connectivity index (χ0n) is 17.3. The molecule has 0 bridgehead atoms. The molecule has 3 aromatic carbocycles. The molecule has 31 heavy (non-hydrogen) atoms. The Morgan fingerprint density at radius 3 is 1.97 bits per heavy atom. The highest BCUT2D eigenvalue weighted by Gasteiger charge is 2.29. The predicted octanol–water partition coefficient (Wildman–Crippen LogP) is 4.54. The molecule has 1 aliphatic heterocycles. The molecule has 4 rings (SSSR count). The molecule has 4 atom stereocenters. The molecule has 0 spiro atoms. The van der Waals surface area contributed by atoms with Gasteiger partial charge in [0, 0.05) is 31.1 Å². The van der Waals surface area contributed by atoms with Crippen LogP contribution in [0, 0.1) is 11.6 Å². The summed E-state index contributed by atoms with van der Waals surface area (Å²) in [5, 5.41) is 17.5. The van der Waals surface area contributed by atoms with Crippen molar-refractivity contribution >= 4 is 0 Å². The Hall–Kier alpha value is -2.60. The van der Waals surface area contributed by atoms with Gasteiger partial charge in [0.1, 0.15) is 11.6 Å². The molecule has 1 unspecified atom stereocenters. The summed E-state index contributed by atoms with van der Waals surface area (Å²) < 4.78 is 26.5. The summed E-state index contributed by atoms with van der Waals surface area (Å²) in [6.07, 6.45) is 1.26. The van der Waals surface area contributed by atoms with Gasteiger partial charge in [-0.3, -0.25) is 0 Å². The molecule has 0 aromatic heterocycles. The molecule has 5 heteroatoms. The fraction of sp³-hybridized carbons (Fsp3) is 0.308. The van der Waals surface area contributed by atoms with Crippen LogP contribution in [0.5, 0.6) is 0 Å². The normalized spacial score (nSPS) is 20.9. The summed E-state index contributed by atoms with van der Waals surface area (Å²) in [7, 11) is 0. The van der Waals surface area contributed by atoms with Gasteiger partial charge in [0.15, 0.2) is 0 Å². The third-order valence-corrected chi connectivity index (χ3v) is 6.10. The van der Waals surface area contributed by atoms with E-state index in [0.29, 0.717) is 12.1 Å². The lowest BCUT2D eigenvalue weighted by Gasteiger charge is -2.36. The van der Waals surface area contributed by atoms with Gasteiger partial charge in [0.25, 0.3) is 0 Å². The number of nitrogens with one attached hydrogen (secondary N) is 2. The fourth-order valence-corrected chi connectivity index (χ4v) is 4.41. The Morgan fingerprint density at radius 2 is 1.39 bits per heavy atom. The van der Waals surface area contributed by atoms with E-state index in [0.717, 1.165) is 24.9 Å². The highest BCUT2D eigenvalue weighted by molar-refractivity contribution is 5.35. The van der Waals surface area contributed by atoms with Crippen molar-refractivity contribution in [1.82, 2.24) is 10.6 Å². The summed E-state index contributed by atoms with van der Waals surface area (Å²) in [5.74, 6) is -0.385. The van der Waals surface area contributed by atoms with Gasteiger partial charge >= 0.3 is 0 Å². The van der Waals surface area contributed by atoms with Gasteiger partial charge in [-0.15, -0.1) is 0 Å². The van der Waals surface area contributed by atoms with Crippen molar-refractivity contribution in [2.24, 2.45) is 0 Å². The summed E-state index contributed by atoms with van der Waals surface area (Å²) >= 11 is 0. The molecule has 1 heterocycles. The summed E-state index contributed by atoms with van der Waals surface area (Å²) in [4.78, 5) is 0. The van der Waals surface area contributed by atoms with Crippen molar-refractivity contribution in [3.63, 3.8) is 0 Å². The molecular formula is C26H28F2N2O. The predicted molar refractivity (Wildman–Crippen MR) is 119 cm³/mol. The second-order valence-electron chi connectivity index (χ2n) is 8.20. The Bertz CT molecular complexity index is 939. The van der Waals surface area contributed by atoms with E-state index in [2.05, 4.69) is 22.8 Å². The first-order valence-corrected chi connectivity index (χ1v) is 10.8. The smallest absolute Gasteiger partial charge is 0.123 e. The van der Waals surface area contributed by atoms with Crippen molar-refractivity contribution in [3.05, 3.63) is 107 Å². The van der Waals surface area contributed by atoms with Crippen LogP contribution in [-0.4, -0.2) is 30.3 Å². The number of hydrogen-bond donors (Lipinski definition) is 3. The SMILES string of the molecule is O[C@H](CN[C@H]1CC[C@@H](C(c2ccccc2)c2ccc(F)cc2)NC1)c1ccc(F)cc1. The molecule has 162 valence electrons. The van der Waals surface area contributed by atoms with Gasteiger partial charge in [-0.25, -0.2) is 8.78 Å². The molecule has 1 fully saturated rings. The zero-order chi connectivity index (χ0) is 21.6. The van der Waals surface area contributed by atoms with Crippen LogP contribution < -0.4 is 10.6 Å². The van der Waals surface area contributed by atoms with E-state index >= 15 is 0 Å². The van der Waals surface area contributed by atoms with E-state index in [9.17, 15) is 13.9 Å². The number of piperidine rings is 1. The van der Waals surface area contributed by atoms with Gasteiger partial charge < -0.3 is 15.7 Å². The number of aliphatic hydroxyl groups is 1. The first kappa shape index (κ1) is 21.6. The Morgan fingerprint density at radius 1 is 0.806 bits per heavy atom. The van der Waals surface area contributed by atoms with Crippen LogP contribution in [0.4, 0.5) is 8.78 Å². The lowest BCUT2D eigenvalue weighted by molar-refractivity contribution is 0.164. The first-order valence-electron chi connectivity index (χ1n) is 10.8. The van der Waals surface area contributed by atoms with Crippen LogP contribution in [0.2, 0.25) is 0 Å². The van der Waals surface area contributed by atoms with Crippen LogP contribution >= 0.6 is 0 Å². The van der Waals surface area contributed by atoms with Crippen molar-refractivity contribution in [2.75, 3.05) is 13.1 Å². The van der Waals surface area contributed by atoms with Crippen LogP contribution in [0.15, 0.2) is 78.9 Å². The van der Waals surface area contributed by atoms with Gasteiger partial charge in [-0.05, 0) is 53.8 Å². The summed E-state index contributed by atoms with van der Waals surface area (Å²) in [6, 6.07) is 23.6. The molecule has 1 aliphatic rings. The van der Waals surface area contributed by atoms with Gasteiger partial charge in [-0.1, -0.05) is 54.6 Å². The zero-order valence-corrected chi connectivity index (χ0v) is 17.3.